The standard InChI is InChI=1S/C12H16N2O2/c1-15-9-11(12-3-2-6-16-12)14-8-10-4-5-13-7-10/h2-7,11,13-14H,8-9H2,1H3. The first-order valence-electron chi connectivity index (χ1n) is 5.27. The highest BCUT2D eigenvalue weighted by Gasteiger charge is 2.13. The van der Waals surface area contributed by atoms with Gasteiger partial charge in [0, 0.05) is 26.0 Å². The Balaban J connectivity index is 1.93. The third-order valence-electron chi connectivity index (χ3n) is 2.43. The number of furan rings is 1. The van der Waals surface area contributed by atoms with Crippen LogP contribution < -0.4 is 5.32 Å². The maximum atomic E-state index is 5.37. The van der Waals surface area contributed by atoms with Crippen LogP contribution in [-0.2, 0) is 11.3 Å². The predicted octanol–water partition coefficient (Wildman–Crippen LogP) is 2.08. The molecule has 0 bridgehead atoms. The molecule has 2 heterocycles. The molecule has 0 aromatic carbocycles. The molecule has 0 aliphatic carbocycles. The fraction of sp³-hybridized carbons (Fsp3) is 0.333. The van der Waals surface area contributed by atoms with Crippen LogP contribution >= 0.6 is 0 Å². The van der Waals surface area contributed by atoms with Crippen molar-refractivity contribution in [2.45, 2.75) is 12.6 Å². The van der Waals surface area contributed by atoms with E-state index in [1.54, 1.807) is 13.4 Å². The van der Waals surface area contributed by atoms with Crippen molar-refractivity contribution in [1.29, 1.82) is 0 Å². The molecule has 0 saturated heterocycles. The highest BCUT2D eigenvalue weighted by Crippen LogP contribution is 2.14. The van der Waals surface area contributed by atoms with Gasteiger partial charge in [-0.3, -0.25) is 0 Å². The van der Waals surface area contributed by atoms with Crippen LogP contribution in [0.2, 0.25) is 0 Å². The Labute approximate surface area is 94.6 Å². The van der Waals surface area contributed by atoms with Crippen molar-refractivity contribution >= 4 is 0 Å². The Hall–Kier alpha value is -1.52. The molecule has 1 unspecified atom stereocenters. The minimum absolute atomic E-state index is 0.0925. The number of hydrogen-bond acceptors (Lipinski definition) is 3. The molecule has 2 rings (SSSR count). The third kappa shape index (κ3) is 2.74. The van der Waals surface area contributed by atoms with Crippen LogP contribution in [-0.4, -0.2) is 18.7 Å². The second kappa shape index (κ2) is 5.53. The van der Waals surface area contributed by atoms with Crippen molar-refractivity contribution < 1.29 is 9.15 Å². The van der Waals surface area contributed by atoms with E-state index >= 15 is 0 Å². The lowest BCUT2D eigenvalue weighted by atomic mass is 10.2. The number of ether oxygens (including phenoxy) is 1. The lowest BCUT2D eigenvalue weighted by Gasteiger charge is -2.14. The molecule has 2 aromatic heterocycles. The molecule has 0 aliphatic heterocycles. The van der Waals surface area contributed by atoms with E-state index in [9.17, 15) is 0 Å². The zero-order valence-electron chi connectivity index (χ0n) is 9.27. The van der Waals surface area contributed by atoms with Crippen LogP contribution in [0.3, 0.4) is 0 Å². The predicted molar refractivity (Wildman–Crippen MR) is 61.0 cm³/mol. The van der Waals surface area contributed by atoms with E-state index in [-0.39, 0.29) is 6.04 Å². The molecule has 0 aliphatic rings. The zero-order chi connectivity index (χ0) is 11.2. The number of methoxy groups -OCH3 is 1. The van der Waals surface area contributed by atoms with Crippen LogP contribution in [0.4, 0.5) is 0 Å². The van der Waals surface area contributed by atoms with Gasteiger partial charge in [-0.25, -0.2) is 0 Å². The highest BCUT2D eigenvalue weighted by atomic mass is 16.5. The van der Waals surface area contributed by atoms with Gasteiger partial charge in [-0.15, -0.1) is 0 Å². The van der Waals surface area contributed by atoms with Gasteiger partial charge in [0.2, 0.25) is 0 Å². The average molecular weight is 220 g/mol. The summed E-state index contributed by atoms with van der Waals surface area (Å²) in [6, 6.07) is 5.97. The van der Waals surface area contributed by atoms with Crippen molar-refractivity contribution in [3.8, 4) is 0 Å². The largest absolute Gasteiger partial charge is 0.468 e. The molecule has 1 atom stereocenters. The van der Waals surface area contributed by atoms with Gasteiger partial charge in [0.05, 0.1) is 18.9 Å². The maximum Gasteiger partial charge on any atom is 0.123 e. The van der Waals surface area contributed by atoms with Crippen LogP contribution in [0.15, 0.2) is 41.3 Å². The Bertz CT molecular complexity index is 381. The molecular formula is C12H16N2O2. The summed E-state index contributed by atoms with van der Waals surface area (Å²) < 4.78 is 10.5. The van der Waals surface area contributed by atoms with Crippen molar-refractivity contribution in [3.05, 3.63) is 48.2 Å². The quantitative estimate of drug-likeness (QED) is 0.783. The molecule has 0 amide bonds. The van der Waals surface area contributed by atoms with Gasteiger partial charge in [0.25, 0.3) is 0 Å². The number of H-pyrrole nitrogens is 1. The monoisotopic (exact) mass is 220 g/mol. The SMILES string of the molecule is COCC(NCc1cc[nH]c1)c1ccco1. The summed E-state index contributed by atoms with van der Waals surface area (Å²) in [5.41, 5.74) is 1.22. The van der Waals surface area contributed by atoms with Crippen molar-refractivity contribution in [2.24, 2.45) is 0 Å². The molecule has 16 heavy (non-hydrogen) atoms. The lowest BCUT2D eigenvalue weighted by Crippen LogP contribution is -2.24. The number of nitrogens with one attached hydrogen (secondary N) is 2. The molecule has 2 aromatic rings. The van der Waals surface area contributed by atoms with Crippen LogP contribution in [0, 0.1) is 0 Å². The Morgan fingerprint density at radius 2 is 2.44 bits per heavy atom. The summed E-state index contributed by atoms with van der Waals surface area (Å²) in [7, 11) is 1.69. The van der Waals surface area contributed by atoms with Gasteiger partial charge in [0.15, 0.2) is 0 Å². The minimum Gasteiger partial charge on any atom is -0.468 e. The third-order valence-corrected chi connectivity index (χ3v) is 2.43. The van der Waals surface area contributed by atoms with Gasteiger partial charge in [-0.1, -0.05) is 0 Å². The van der Waals surface area contributed by atoms with E-state index in [2.05, 4.69) is 10.3 Å². The summed E-state index contributed by atoms with van der Waals surface area (Å²) >= 11 is 0. The topological polar surface area (TPSA) is 50.2 Å². The number of hydrogen-bond donors (Lipinski definition) is 2. The van der Waals surface area contributed by atoms with Crippen LogP contribution in [0.5, 0.6) is 0 Å². The van der Waals surface area contributed by atoms with E-state index in [4.69, 9.17) is 9.15 Å². The highest BCUT2D eigenvalue weighted by molar-refractivity contribution is 5.10. The van der Waals surface area contributed by atoms with E-state index in [1.807, 2.05) is 30.6 Å². The average Bonchev–Trinajstić information content (AvgIpc) is 2.96. The van der Waals surface area contributed by atoms with Gasteiger partial charge in [-0.2, -0.15) is 0 Å². The van der Waals surface area contributed by atoms with Gasteiger partial charge >= 0.3 is 0 Å². The molecule has 0 saturated carbocycles. The van der Waals surface area contributed by atoms with Crippen LogP contribution in [0.25, 0.3) is 0 Å². The minimum atomic E-state index is 0.0925. The molecule has 4 heteroatoms. The van der Waals surface area contributed by atoms with Gasteiger partial charge < -0.3 is 19.5 Å². The summed E-state index contributed by atoms with van der Waals surface area (Å²) in [4.78, 5) is 3.03. The lowest BCUT2D eigenvalue weighted by molar-refractivity contribution is 0.156. The fourth-order valence-corrected chi connectivity index (χ4v) is 1.61. The Morgan fingerprint density at radius 3 is 3.06 bits per heavy atom. The molecule has 0 radical (unpaired) electrons. The summed E-state index contributed by atoms with van der Waals surface area (Å²) in [6.07, 6.45) is 5.56. The van der Waals surface area contributed by atoms with E-state index in [1.165, 1.54) is 5.56 Å². The van der Waals surface area contributed by atoms with Crippen molar-refractivity contribution in [3.63, 3.8) is 0 Å². The Morgan fingerprint density at radius 1 is 1.50 bits per heavy atom. The summed E-state index contributed by atoms with van der Waals surface area (Å²) in [5.74, 6) is 0.900. The van der Waals surface area contributed by atoms with Gasteiger partial charge in [-0.05, 0) is 23.8 Å². The normalized spacial score (nSPS) is 12.8. The fourth-order valence-electron chi connectivity index (χ4n) is 1.61. The zero-order valence-corrected chi connectivity index (χ0v) is 9.27. The van der Waals surface area contributed by atoms with Gasteiger partial charge in [0.1, 0.15) is 5.76 Å². The Kier molecular flexibility index (Phi) is 3.80. The number of aromatic nitrogens is 1. The molecule has 0 spiro atoms. The first kappa shape index (κ1) is 11.0. The molecule has 0 fully saturated rings. The molecular weight excluding hydrogens is 204 g/mol. The molecule has 4 nitrogen and oxygen atoms in total. The second-order valence-electron chi connectivity index (χ2n) is 3.62. The summed E-state index contributed by atoms with van der Waals surface area (Å²) in [5, 5.41) is 3.39. The first-order valence-corrected chi connectivity index (χ1v) is 5.27. The molecule has 2 N–H and O–H groups in total. The first-order chi connectivity index (χ1) is 7.90. The molecule has 86 valence electrons. The smallest absolute Gasteiger partial charge is 0.123 e. The van der Waals surface area contributed by atoms with Crippen LogP contribution in [0.1, 0.15) is 17.4 Å². The van der Waals surface area contributed by atoms with E-state index < -0.39 is 0 Å². The van der Waals surface area contributed by atoms with E-state index in [0.717, 1.165) is 12.3 Å². The van der Waals surface area contributed by atoms with E-state index in [0.29, 0.717) is 6.61 Å². The summed E-state index contributed by atoms with van der Waals surface area (Å²) in [6.45, 7) is 1.39. The number of aromatic amines is 1. The van der Waals surface area contributed by atoms with Crippen molar-refractivity contribution in [2.75, 3.05) is 13.7 Å². The maximum absolute atomic E-state index is 5.37. The number of rotatable bonds is 6. The van der Waals surface area contributed by atoms with Crippen molar-refractivity contribution in [1.82, 2.24) is 10.3 Å². The second-order valence-corrected chi connectivity index (χ2v) is 3.62.